The average molecular weight is 494 g/mol. The number of rotatable bonds is 9. The van der Waals surface area contributed by atoms with Gasteiger partial charge in [-0.3, -0.25) is 4.99 Å². The van der Waals surface area contributed by atoms with Crippen LogP contribution >= 0.6 is 0 Å². The molecule has 1 saturated heterocycles. The van der Waals surface area contributed by atoms with Crippen molar-refractivity contribution in [2.45, 2.75) is 70.8 Å². The Morgan fingerprint density at radius 2 is 1.92 bits per heavy atom. The largest absolute Gasteiger partial charge is 0.465 e. The molecule has 2 aromatic rings. The zero-order valence-electron chi connectivity index (χ0n) is 22.0. The molecule has 36 heavy (non-hydrogen) atoms. The molecule has 1 amide bonds. The Balaban J connectivity index is 1.61. The van der Waals surface area contributed by atoms with Crippen molar-refractivity contribution in [1.82, 2.24) is 4.90 Å². The van der Waals surface area contributed by atoms with Crippen molar-refractivity contribution in [3.63, 3.8) is 0 Å². The van der Waals surface area contributed by atoms with Crippen molar-refractivity contribution in [2.24, 2.45) is 4.99 Å². The van der Waals surface area contributed by atoms with E-state index < -0.39 is 11.6 Å². The number of likely N-dealkylation sites (tertiary alicyclic amines) is 1. The first kappa shape index (κ1) is 27.2. The molecule has 1 atom stereocenters. The molecule has 1 heterocycles. The number of carbonyl (C=O) groups is 2. The van der Waals surface area contributed by atoms with Crippen LogP contribution in [-0.2, 0) is 9.47 Å². The summed E-state index contributed by atoms with van der Waals surface area (Å²) in [6.07, 6.45) is 7.67. The fourth-order valence-corrected chi connectivity index (χ4v) is 4.53. The molecular formula is C29H39N3O4. The fraction of sp³-hybridized carbons (Fsp3) is 0.483. The zero-order valence-corrected chi connectivity index (χ0v) is 22.0. The summed E-state index contributed by atoms with van der Waals surface area (Å²) in [6.45, 7) is 7.56. The molecule has 0 aliphatic carbocycles. The Morgan fingerprint density at radius 1 is 1.17 bits per heavy atom. The van der Waals surface area contributed by atoms with Gasteiger partial charge in [-0.1, -0.05) is 44.0 Å². The van der Waals surface area contributed by atoms with Gasteiger partial charge in [0, 0.05) is 30.8 Å². The van der Waals surface area contributed by atoms with Crippen LogP contribution in [0, 0.1) is 0 Å². The van der Waals surface area contributed by atoms with Crippen LogP contribution in [0.3, 0.4) is 0 Å². The van der Waals surface area contributed by atoms with Crippen LogP contribution in [-0.4, -0.2) is 49.0 Å². The van der Waals surface area contributed by atoms with Crippen molar-refractivity contribution in [3.8, 4) is 0 Å². The SMILES string of the molecule is CCCCCC(C)(C)OC(=O)N1CCC[C@@H](c2ccc(N=Cc3cccc(C(=O)OC)c3N)cc2)C1. The average Bonchev–Trinajstić information content (AvgIpc) is 2.88. The number of nitrogens with two attached hydrogens (primary N) is 1. The normalized spacial score (nSPS) is 16.2. The van der Waals surface area contributed by atoms with Crippen LogP contribution in [0.2, 0.25) is 0 Å². The highest BCUT2D eigenvalue weighted by Crippen LogP contribution is 2.30. The first-order chi connectivity index (χ1) is 17.2. The highest BCUT2D eigenvalue weighted by Gasteiger charge is 2.30. The molecule has 7 heteroatoms. The predicted octanol–water partition coefficient (Wildman–Crippen LogP) is 6.48. The number of nitrogens with zero attached hydrogens (tertiary/aromatic N) is 2. The summed E-state index contributed by atoms with van der Waals surface area (Å²) in [7, 11) is 1.33. The number of methoxy groups -OCH3 is 1. The Morgan fingerprint density at radius 3 is 2.61 bits per heavy atom. The van der Waals surface area contributed by atoms with Crippen LogP contribution in [0.4, 0.5) is 16.2 Å². The van der Waals surface area contributed by atoms with E-state index in [4.69, 9.17) is 15.2 Å². The van der Waals surface area contributed by atoms with Gasteiger partial charge in [-0.15, -0.1) is 0 Å². The second-order valence-corrected chi connectivity index (χ2v) is 10.0. The van der Waals surface area contributed by atoms with E-state index in [9.17, 15) is 9.59 Å². The predicted molar refractivity (Wildman–Crippen MR) is 144 cm³/mol. The minimum absolute atomic E-state index is 0.214. The fourth-order valence-electron chi connectivity index (χ4n) is 4.53. The number of esters is 1. The number of amides is 1. The maximum absolute atomic E-state index is 12.9. The number of unbranched alkanes of at least 4 members (excludes halogenated alkanes) is 2. The van der Waals surface area contributed by atoms with E-state index >= 15 is 0 Å². The minimum atomic E-state index is -0.474. The van der Waals surface area contributed by atoms with Crippen molar-refractivity contribution in [1.29, 1.82) is 0 Å². The van der Waals surface area contributed by atoms with Gasteiger partial charge in [0.05, 0.1) is 24.0 Å². The summed E-state index contributed by atoms with van der Waals surface area (Å²) in [5.74, 6) is -0.211. The smallest absolute Gasteiger partial charge is 0.410 e. The number of para-hydroxylation sites is 1. The number of ether oxygens (including phenoxy) is 2. The van der Waals surface area contributed by atoms with E-state index in [1.807, 2.05) is 30.9 Å². The maximum Gasteiger partial charge on any atom is 0.410 e. The number of hydrogen-bond acceptors (Lipinski definition) is 6. The van der Waals surface area contributed by atoms with E-state index in [1.165, 1.54) is 12.7 Å². The van der Waals surface area contributed by atoms with Crippen LogP contribution in [0.15, 0.2) is 47.5 Å². The summed E-state index contributed by atoms with van der Waals surface area (Å²) in [4.78, 5) is 31.1. The van der Waals surface area contributed by atoms with Gasteiger partial charge in [-0.25, -0.2) is 9.59 Å². The third kappa shape index (κ3) is 7.33. The lowest BCUT2D eigenvalue weighted by Gasteiger charge is -2.35. The molecule has 3 rings (SSSR count). The Kier molecular flexibility index (Phi) is 9.51. The molecule has 0 radical (unpaired) electrons. The van der Waals surface area contributed by atoms with Crippen LogP contribution in [0.5, 0.6) is 0 Å². The highest BCUT2D eigenvalue weighted by molar-refractivity contribution is 6.01. The second-order valence-electron chi connectivity index (χ2n) is 10.0. The van der Waals surface area contributed by atoms with E-state index in [2.05, 4.69) is 24.0 Å². The molecule has 7 nitrogen and oxygen atoms in total. The summed E-state index contributed by atoms with van der Waals surface area (Å²) in [5.41, 5.74) is 8.95. The van der Waals surface area contributed by atoms with E-state index in [1.54, 1.807) is 24.4 Å². The Bertz CT molecular complexity index is 1060. The number of piperidine rings is 1. The van der Waals surface area contributed by atoms with Crippen molar-refractivity contribution in [2.75, 3.05) is 25.9 Å². The second kappa shape index (κ2) is 12.6. The standard InChI is InChI=1S/C29H39N3O4/c1-5-6-7-17-29(2,3)36-28(34)32-18-9-11-23(20-32)21-13-15-24(16-14-21)31-19-22-10-8-12-25(26(22)30)27(33)35-4/h8,10,12-16,19,23H,5-7,9,11,17-18,20,30H2,1-4H3/t23-/m1/s1. The van der Waals surface area contributed by atoms with Gasteiger partial charge in [0.2, 0.25) is 0 Å². The zero-order chi connectivity index (χ0) is 26.1. The molecule has 1 aliphatic rings. The summed E-state index contributed by atoms with van der Waals surface area (Å²) < 4.78 is 10.6. The number of benzene rings is 2. The van der Waals surface area contributed by atoms with Crippen molar-refractivity contribution >= 4 is 29.7 Å². The van der Waals surface area contributed by atoms with Gasteiger partial charge in [-0.2, -0.15) is 0 Å². The van der Waals surface area contributed by atoms with Crippen molar-refractivity contribution < 1.29 is 19.1 Å². The number of hydrogen-bond donors (Lipinski definition) is 1. The Labute approximate surface area is 214 Å². The van der Waals surface area contributed by atoms with Gasteiger partial charge in [-0.05, 0) is 63.3 Å². The maximum atomic E-state index is 12.9. The number of carbonyl (C=O) groups excluding carboxylic acids is 2. The molecule has 2 N–H and O–H groups in total. The van der Waals surface area contributed by atoms with Gasteiger partial charge < -0.3 is 20.1 Å². The highest BCUT2D eigenvalue weighted by atomic mass is 16.6. The van der Waals surface area contributed by atoms with E-state index in [0.29, 0.717) is 23.4 Å². The Hall–Kier alpha value is -3.35. The quantitative estimate of drug-likeness (QED) is 0.187. The van der Waals surface area contributed by atoms with Gasteiger partial charge in [0.15, 0.2) is 0 Å². The first-order valence-electron chi connectivity index (χ1n) is 12.8. The molecule has 0 saturated carbocycles. The third-order valence-electron chi connectivity index (χ3n) is 6.69. The van der Waals surface area contributed by atoms with E-state index in [0.717, 1.165) is 50.8 Å². The summed E-state index contributed by atoms with van der Waals surface area (Å²) in [5, 5.41) is 0. The van der Waals surface area contributed by atoms with Gasteiger partial charge in [0.1, 0.15) is 5.60 Å². The van der Waals surface area contributed by atoms with Crippen molar-refractivity contribution in [3.05, 3.63) is 59.2 Å². The van der Waals surface area contributed by atoms with E-state index in [-0.39, 0.29) is 12.0 Å². The number of anilines is 1. The van der Waals surface area contributed by atoms with Crippen LogP contribution in [0.25, 0.3) is 0 Å². The third-order valence-corrected chi connectivity index (χ3v) is 6.69. The molecule has 0 aromatic heterocycles. The summed E-state index contributed by atoms with van der Waals surface area (Å²) >= 11 is 0. The molecule has 1 fully saturated rings. The number of nitrogen functional groups attached to an aromatic ring is 1. The first-order valence-corrected chi connectivity index (χ1v) is 12.8. The lowest BCUT2D eigenvalue weighted by atomic mass is 9.90. The molecular weight excluding hydrogens is 454 g/mol. The molecule has 0 unspecified atom stereocenters. The minimum Gasteiger partial charge on any atom is -0.465 e. The molecule has 2 aromatic carbocycles. The topological polar surface area (TPSA) is 94.2 Å². The van der Waals surface area contributed by atoms with Crippen LogP contribution in [0.1, 0.15) is 86.7 Å². The molecule has 0 spiro atoms. The van der Waals surface area contributed by atoms with Crippen LogP contribution < -0.4 is 5.73 Å². The molecule has 1 aliphatic heterocycles. The lowest BCUT2D eigenvalue weighted by molar-refractivity contribution is 0.00286. The number of aliphatic imine (C=N–C) groups is 1. The van der Waals surface area contributed by atoms with Gasteiger partial charge >= 0.3 is 12.1 Å². The lowest BCUT2D eigenvalue weighted by Crippen LogP contribution is -2.43. The van der Waals surface area contributed by atoms with Gasteiger partial charge in [0.25, 0.3) is 0 Å². The molecule has 194 valence electrons. The summed E-state index contributed by atoms with van der Waals surface area (Å²) in [6, 6.07) is 13.2. The monoisotopic (exact) mass is 493 g/mol. The molecule has 0 bridgehead atoms.